The van der Waals surface area contributed by atoms with Crippen LogP contribution < -0.4 is 5.73 Å². The Morgan fingerprint density at radius 1 is 1.62 bits per heavy atom. The van der Waals surface area contributed by atoms with Gasteiger partial charge in [0, 0.05) is 12.2 Å². The van der Waals surface area contributed by atoms with Crippen molar-refractivity contribution < 1.29 is 0 Å². The van der Waals surface area contributed by atoms with E-state index in [1.165, 1.54) is 6.20 Å². The molecule has 0 saturated carbocycles. The molecule has 13 heavy (non-hydrogen) atoms. The summed E-state index contributed by atoms with van der Waals surface area (Å²) in [6.07, 6.45) is 1.64. The van der Waals surface area contributed by atoms with E-state index in [0.717, 1.165) is 0 Å². The van der Waals surface area contributed by atoms with Crippen molar-refractivity contribution in [1.82, 2.24) is 4.98 Å². The van der Waals surface area contributed by atoms with Gasteiger partial charge in [-0.1, -0.05) is 23.2 Å². The van der Waals surface area contributed by atoms with Gasteiger partial charge < -0.3 is 5.73 Å². The highest BCUT2D eigenvalue weighted by atomic mass is 35.5. The molecule has 0 aromatic carbocycles. The first-order valence-electron chi connectivity index (χ1n) is 3.58. The van der Waals surface area contributed by atoms with E-state index in [1.54, 1.807) is 6.07 Å². The van der Waals surface area contributed by atoms with Crippen molar-refractivity contribution in [3.8, 4) is 6.07 Å². The number of hydrogen-bond acceptors (Lipinski definition) is 3. The monoisotopic (exact) mass is 215 g/mol. The van der Waals surface area contributed by atoms with Crippen LogP contribution in [0.2, 0.25) is 10.2 Å². The van der Waals surface area contributed by atoms with E-state index in [4.69, 9.17) is 34.2 Å². The SMILES string of the molecule is N#CC[C@H](N)c1cc(Cl)ncc1Cl. The Hall–Kier alpha value is -0.820. The molecule has 0 radical (unpaired) electrons. The van der Waals surface area contributed by atoms with E-state index in [2.05, 4.69) is 4.98 Å². The van der Waals surface area contributed by atoms with Gasteiger partial charge in [-0.3, -0.25) is 0 Å². The molecule has 0 aliphatic heterocycles. The molecule has 1 rings (SSSR count). The molecule has 5 heteroatoms. The molecule has 1 atom stereocenters. The van der Waals surface area contributed by atoms with Crippen molar-refractivity contribution in [2.75, 3.05) is 0 Å². The zero-order valence-corrected chi connectivity index (χ0v) is 8.18. The van der Waals surface area contributed by atoms with Gasteiger partial charge in [-0.15, -0.1) is 0 Å². The lowest BCUT2D eigenvalue weighted by Gasteiger charge is -2.09. The molecule has 68 valence electrons. The fourth-order valence-corrected chi connectivity index (χ4v) is 1.33. The van der Waals surface area contributed by atoms with Crippen molar-refractivity contribution in [3.63, 3.8) is 0 Å². The van der Waals surface area contributed by atoms with Gasteiger partial charge in [0.25, 0.3) is 0 Å². The maximum Gasteiger partial charge on any atom is 0.129 e. The number of pyridine rings is 1. The van der Waals surface area contributed by atoms with E-state index in [1.807, 2.05) is 6.07 Å². The van der Waals surface area contributed by atoms with Gasteiger partial charge in [-0.25, -0.2) is 4.98 Å². The molecule has 0 spiro atoms. The zero-order valence-electron chi connectivity index (χ0n) is 6.67. The first kappa shape index (κ1) is 10.3. The Kier molecular flexibility index (Phi) is 3.49. The molecule has 1 aromatic rings. The minimum Gasteiger partial charge on any atom is -0.323 e. The van der Waals surface area contributed by atoms with Crippen LogP contribution >= 0.6 is 23.2 Å². The molecule has 1 aromatic heterocycles. The average molecular weight is 216 g/mol. The van der Waals surface area contributed by atoms with Gasteiger partial charge in [0.05, 0.1) is 17.5 Å². The minimum absolute atomic E-state index is 0.208. The van der Waals surface area contributed by atoms with Gasteiger partial charge in [-0.2, -0.15) is 5.26 Å². The smallest absolute Gasteiger partial charge is 0.129 e. The van der Waals surface area contributed by atoms with E-state index >= 15 is 0 Å². The number of hydrogen-bond donors (Lipinski definition) is 1. The molecular weight excluding hydrogens is 209 g/mol. The molecule has 0 amide bonds. The largest absolute Gasteiger partial charge is 0.323 e. The summed E-state index contributed by atoms with van der Waals surface area (Å²) in [6, 6.07) is 3.14. The van der Waals surface area contributed by atoms with Crippen LogP contribution in [0, 0.1) is 11.3 Å². The number of nitriles is 1. The second-order valence-corrected chi connectivity index (χ2v) is 3.29. The summed E-state index contributed by atoms with van der Waals surface area (Å²) in [5.41, 5.74) is 6.34. The lowest BCUT2D eigenvalue weighted by atomic mass is 10.1. The van der Waals surface area contributed by atoms with E-state index in [0.29, 0.717) is 15.7 Å². The maximum atomic E-state index is 8.44. The summed E-state index contributed by atoms with van der Waals surface area (Å²) in [5, 5.41) is 9.20. The molecular formula is C8H7Cl2N3. The predicted molar refractivity (Wildman–Crippen MR) is 51.4 cm³/mol. The number of halogens is 2. The molecule has 0 aliphatic rings. The highest BCUT2D eigenvalue weighted by Crippen LogP contribution is 2.24. The van der Waals surface area contributed by atoms with Gasteiger partial charge in [0.2, 0.25) is 0 Å². The Balaban J connectivity index is 3.00. The predicted octanol–water partition coefficient (Wildman–Crippen LogP) is 2.30. The lowest BCUT2D eigenvalue weighted by Crippen LogP contribution is -2.10. The summed E-state index contributed by atoms with van der Waals surface area (Å²) in [7, 11) is 0. The van der Waals surface area contributed by atoms with Crippen LogP contribution in [-0.2, 0) is 0 Å². The Morgan fingerprint density at radius 2 is 2.31 bits per heavy atom. The van der Waals surface area contributed by atoms with Gasteiger partial charge >= 0.3 is 0 Å². The molecule has 0 fully saturated rings. The summed E-state index contributed by atoms with van der Waals surface area (Å²) in [5.74, 6) is 0. The zero-order chi connectivity index (χ0) is 9.84. The molecule has 1 heterocycles. The number of nitrogens with zero attached hydrogens (tertiary/aromatic N) is 2. The van der Waals surface area contributed by atoms with E-state index in [9.17, 15) is 0 Å². The third-order valence-corrected chi connectivity index (χ3v) is 2.08. The lowest BCUT2D eigenvalue weighted by molar-refractivity contribution is 0.747. The third-order valence-electron chi connectivity index (χ3n) is 1.56. The normalized spacial score (nSPS) is 12.2. The quantitative estimate of drug-likeness (QED) is 0.771. The van der Waals surface area contributed by atoms with Crippen molar-refractivity contribution in [2.45, 2.75) is 12.5 Å². The van der Waals surface area contributed by atoms with Crippen molar-refractivity contribution in [2.24, 2.45) is 5.73 Å². The highest BCUT2D eigenvalue weighted by Gasteiger charge is 2.10. The van der Waals surface area contributed by atoms with E-state index in [-0.39, 0.29) is 6.42 Å². The molecule has 0 saturated heterocycles. The molecule has 0 aliphatic carbocycles. The van der Waals surface area contributed by atoms with Crippen molar-refractivity contribution in [1.29, 1.82) is 5.26 Å². The van der Waals surface area contributed by atoms with Crippen LogP contribution in [0.25, 0.3) is 0 Å². The Morgan fingerprint density at radius 3 is 2.92 bits per heavy atom. The Bertz CT molecular complexity index is 346. The van der Waals surface area contributed by atoms with Gasteiger partial charge in [-0.05, 0) is 11.6 Å². The summed E-state index contributed by atoms with van der Waals surface area (Å²) < 4.78 is 0. The number of nitrogens with two attached hydrogens (primary N) is 1. The second-order valence-electron chi connectivity index (χ2n) is 2.50. The van der Waals surface area contributed by atoms with Gasteiger partial charge in [0.1, 0.15) is 5.15 Å². The summed E-state index contributed by atoms with van der Waals surface area (Å²) in [4.78, 5) is 3.78. The van der Waals surface area contributed by atoms with Crippen LogP contribution in [0.3, 0.4) is 0 Å². The number of aromatic nitrogens is 1. The van der Waals surface area contributed by atoms with Crippen LogP contribution in [0.4, 0.5) is 0 Å². The van der Waals surface area contributed by atoms with E-state index < -0.39 is 6.04 Å². The first-order chi connectivity index (χ1) is 6.15. The molecule has 2 N–H and O–H groups in total. The first-order valence-corrected chi connectivity index (χ1v) is 4.34. The molecule has 3 nitrogen and oxygen atoms in total. The van der Waals surface area contributed by atoms with Crippen molar-refractivity contribution >= 4 is 23.2 Å². The summed E-state index contributed by atoms with van der Waals surface area (Å²) in [6.45, 7) is 0. The fraction of sp³-hybridized carbons (Fsp3) is 0.250. The Labute approximate surface area is 86.1 Å². The molecule has 0 unspecified atom stereocenters. The second kappa shape index (κ2) is 4.43. The van der Waals surface area contributed by atoms with Gasteiger partial charge in [0.15, 0.2) is 0 Å². The van der Waals surface area contributed by atoms with Crippen molar-refractivity contribution in [3.05, 3.63) is 28.0 Å². The summed E-state index contributed by atoms with van der Waals surface area (Å²) >= 11 is 11.5. The third kappa shape index (κ3) is 2.56. The van der Waals surface area contributed by atoms with Crippen LogP contribution in [-0.4, -0.2) is 4.98 Å². The minimum atomic E-state index is -0.405. The maximum absolute atomic E-state index is 8.44. The van der Waals surface area contributed by atoms with Crippen LogP contribution in [0.5, 0.6) is 0 Å². The standard InChI is InChI=1S/C8H7Cl2N3/c9-6-4-13-8(10)3-5(6)7(12)1-2-11/h3-4,7H,1,12H2/t7-/m0/s1. The molecule has 0 bridgehead atoms. The topological polar surface area (TPSA) is 62.7 Å². The number of rotatable bonds is 2. The average Bonchev–Trinajstić information content (AvgIpc) is 2.09. The van der Waals surface area contributed by atoms with Crippen LogP contribution in [0.1, 0.15) is 18.0 Å². The highest BCUT2D eigenvalue weighted by molar-refractivity contribution is 6.32. The van der Waals surface area contributed by atoms with Crippen LogP contribution in [0.15, 0.2) is 12.3 Å². The fourth-order valence-electron chi connectivity index (χ4n) is 0.920.